The monoisotopic (exact) mass is 378 g/mol. The second-order valence-corrected chi connectivity index (χ2v) is 6.96. The van der Waals surface area contributed by atoms with Gasteiger partial charge in [-0.3, -0.25) is 4.79 Å². The molecule has 1 aromatic heterocycles. The average molecular weight is 379 g/mol. The van der Waals surface area contributed by atoms with E-state index in [-0.39, 0.29) is 11.7 Å². The number of benzene rings is 1. The molecule has 0 unspecified atom stereocenters. The first-order valence-electron chi connectivity index (χ1n) is 7.97. The number of morpholine rings is 1. The first kappa shape index (κ1) is 18.0. The predicted octanol–water partition coefficient (Wildman–Crippen LogP) is 3.01. The molecule has 0 radical (unpaired) electrons. The number of carbonyl (C=O) groups excluding carboxylic acids is 1. The van der Waals surface area contributed by atoms with Gasteiger partial charge in [-0.1, -0.05) is 41.1 Å². The molecule has 0 aliphatic carbocycles. The molecule has 8 heteroatoms. The molecule has 1 aliphatic rings. The lowest BCUT2D eigenvalue weighted by Crippen LogP contribution is -2.36. The van der Waals surface area contributed by atoms with Crippen LogP contribution in [0.5, 0.6) is 0 Å². The van der Waals surface area contributed by atoms with E-state index in [0.29, 0.717) is 23.5 Å². The number of anilines is 2. The third-order valence-corrected chi connectivity index (χ3v) is 4.70. The van der Waals surface area contributed by atoms with Crippen LogP contribution in [0.4, 0.5) is 11.5 Å². The molecule has 2 aromatic rings. The van der Waals surface area contributed by atoms with E-state index in [9.17, 15) is 4.79 Å². The van der Waals surface area contributed by atoms with Crippen LogP contribution in [0.25, 0.3) is 0 Å². The summed E-state index contributed by atoms with van der Waals surface area (Å²) in [5.74, 6) is 0.881. The van der Waals surface area contributed by atoms with Crippen molar-refractivity contribution in [3.05, 3.63) is 41.0 Å². The summed E-state index contributed by atoms with van der Waals surface area (Å²) in [4.78, 5) is 22.9. The molecule has 1 fully saturated rings. The second kappa shape index (κ2) is 8.51. The molecule has 1 N–H and O–H groups in total. The number of hydrogen-bond donors (Lipinski definition) is 1. The van der Waals surface area contributed by atoms with E-state index in [2.05, 4.69) is 20.2 Å². The zero-order valence-corrected chi connectivity index (χ0v) is 15.4. The Morgan fingerprint density at radius 1 is 1.28 bits per heavy atom. The summed E-state index contributed by atoms with van der Waals surface area (Å²) < 4.78 is 5.35. The minimum absolute atomic E-state index is 0.106. The third kappa shape index (κ3) is 5.32. The number of ether oxygens (including phenoxy) is 1. The lowest BCUT2D eigenvalue weighted by molar-refractivity contribution is -0.113. The fourth-order valence-corrected chi connectivity index (χ4v) is 3.25. The van der Waals surface area contributed by atoms with E-state index in [1.54, 1.807) is 6.07 Å². The van der Waals surface area contributed by atoms with Gasteiger partial charge in [-0.2, -0.15) is 0 Å². The predicted molar refractivity (Wildman–Crippen MR) is 101 cm³/mol. The highest BCUT2D eigenvalue weighted by atomic mass is 35.5. The van der Waals surface area contributed by atoms with Crippen LogP contribution in [0.1, 0.15) is 5.56 Å². The number of hydrogen-bond acceptors (Lipinski definition) is 6. The van der Waals surface area contributed by atoms with Gasteiger partial charge in [0.25, 0.3) is 0 Å². The van der Waals surface area contributed by atoms with Gasteiger partial charge in [-0.25, -0.2) is 9.97 Å². The number of nitrogens with one attached hydrogen (secondary N) is 1. The molecule has 0 saturated carbocycles. The smallest absolute Gasteiger partial charge is 0.234 e. The molecular weight excluding hydrogens is 360 g/mol. The van der Waals surface area contributed by atoms with Crippen molar-refractivity contribution in [2.45, 2.75) is 12.1 Å². The summed E-state index contributed by atoms with van der Waals surface area (Å²) in [5.41, 5.74) is 1.92. The van der Waals surface area contributed by atoms with Crippen LogP contribution >= 0.6 is 23.4 Å². The first-order valence-corrected chi connectivity index (χ1v) is 9.33. The molecule has 2 heterocycles. The zero-order chi connectivity index (χ0) is 17.6. The number of aromatic nitrogens is 2. The molecule has 1 saturated heterocycles. The van der Waals surface area contributed by atoms with Crippen LogP contribution in [-0.4, -0.2) is 47.9 Å². The van der Waals surface area contributed by atoms with Crippen molar-refractivity contribution in [2.24, 2.45) is 0 Å². The van der Waals surface area contributed by atoms with Crippen molar-refractivity contribution in [3.8, 4) is 0 Å². The molecule has 0 bridgehead atoms. The van der Waals surface area contributed by atoms with Gasteiger partial charge in [-0.05, 0) is 19.1 Å². The molecule has 1 amide bonds. The van der Waals surface area contributed by atoms with Gasteiger partial charge in [0.15, 0.2) is 5.16 Å². The van der Waals surface area contributed by atoms with Crippen LogP contribution in [0.2, 0.25) is 5.15 Å². The Balaban J connectivity index is 1.59. The lowest BCUT2D eigenvalue weighted by atomic mass is 10.2. The van der Waals surface area contributed by atoms with E-state index in [0.717, 1.165) is 30.2 Å². The van der Waals surface area contributed by atoms with Crippen LogP contribution in [0.3, 0.4) is 0 Å². The molecule has 1 aliphatic heterocycles. The maximum absolute atomic E-state index is 12.1. The molecule has 0 spiro atoms. The fraction of sp³-hybridized carbons (Fsp3) is 0.353. The van der Waals surface area contributed by atoms with Crippen LogP contribution < -0.4 is 10.2 Å². The lowest BCUT2D eigenvalue weighted by Gasteiger charge is -2.27. The van der Waals surface area contributed by atoms with Gasteiger partial charge in [0, 0.05) is 24.8 Å². The van der Waals surface area contributed by atoms with Crippen LogP contribution in [0, 0.1) is 6.92 Å². The van der Waals surface area contributed by atoms with Gasteiger partial charge in [-0.15, -0.1) is 0 Å². The highest BCUT2D eigenvalue weighted by Crippen LogP contribution is 2.22. The van der Waals surface area contributed by atoms with Crippen molar-refractivity contribution in [3.63, 3.8) is 0 Å². The van der Waals surface area contributed by atoms with E-state index in [1.807, 2.05) is 31.2 Å². The summed E-state index contributed by atoms with van der Waals surface area (Å²) in [6.45, 7) is 4.88. The number of halogens is 1. The van der Waals surface area contributed by atoms with Crippen molar-refractivity contribution >= 4 is 40.8 Å². The Morgan fingerprint density at radius 2 is 2.00 bits per heavy atom. The number of aryl methyl sites for hydroxylation is 1. The van der Waals surface area contributed by atoms with Gasteiger partial charge < -0.3 is 15.0 Å². The third-order valence-electron chi connectivity index (χ3n) is 3.66. The SMILES string of the molecule is Cc1ccc(NC(=O)CSc2nc(Cl)cc(N3CCOCC3)n2)cc1. The molecular formula is C17H19ClN4O2S. The van der Waals surface area contributed by atoms with E-state index in [4.69, 9.17) is 16.3 Å². The van der Waals surface area contributed by atoms with E-state index in [1.165, 1.54) is 11.8 Å². The summed E-state index contributed by atoms with van der Waals surface area (Å²) in [6, 6.07) is 9.41. The largest absolute Gasteiger partial charge is 0.378 e. The summed E-state index contributed by atoms with van der Waals surface area (Å²) in [6.07, 6.45) is 0. The number of nitrogens with zero attached hydrogens (tertiary/aromatic N) is 3. The summed E-state index contributed by atoms with van der Waals surface area (Å²) in [5, 5.41) is 3.72. The standard InChI is InChI=1S/C17H19ClN4O2S/c1-12-2-4-13(5-3-12)19-16(23)11-25-17-20-14(18)10-15(21-17)22-6-8-24-9-7-22/h2-5,10H,6-9,11H2,1H3,(H,19,23). The van der Waals surface area contributed by atoms with E-state index >= 15 is 0 Å². The molecule has 3 rings (SSSR count). The van der Waals surface area contributed by atoms with Crippen LogP contribution in [0.15, 0.2) is 35.5 Å². The number of amides is 1. The minimum Gasteiger partial charge on any atom is -0.378 e. The van der Waals surface area contributed by atoms with Crippen molar-refractivity contribution in [2.75, 3.05) is 42.3 Å². The van der Waals surface area contributed by atoms with Gasteiger partial charge in [0.05, 0.1) is 19.0 Å². The quantitative estimate of drug-likeness (QED) is 0.490. The number of thioether (sulfide) groups is 1. The van der Waals surface area contributed by atoms with E-state index < -0.39 is 0 Å². The maximum Gasteiger partial charge on any atom is 0.234 e. The van der Waals surface area contributed by atoms with Crippen LogP contribution in [-0.2, 0) is 9.53 Å². The Morgan fingerprint density at radius 3 is 2.72 bits per heavy atom. The van der Waals surface area contributed by atoms with Crippen molar-refractivity contribution < 1.29 is 9.53 Å². The summed E-state index contributed by atoms with van der Waals surface area (Å²) in [7, 11) is 0. The van der Waals surface area contributed by atoms with Crippen molar-refractivity contribution in [1.29, 1.82) is 0 Å². The molecule has 6 nitrogen and oxygen atoms in total. The Kier molecular flexibility index (Phi) is 6.12. The molecule has 25 heavy (non-hydrogen) atoms. The maximum atomic E-state index is 12.1. The number of carbonyl (C=O) groups is 1. The highest BCUT2D eigenvalue weighted by molar-refractivity contribution is 7.99. The highest BCUT2D eigenvalue weighted by Gasteiger charge is 2.15. The van der Waals surface area contributed by atoms with Gasteiger partial charge in [0.1, 0.15) is 11.0 Å². The number of rotatable bonds is 5. The topological polar surface area (TPSA) is 67.4 Å². The second-order valence-electron chi connectivity index (χ2n) is 5.63. The average Bonchev–Trinajstić information content (AvgIpc) is 2.62. The minimum atomic E-state index is -0.106. The van der Waals surface area contributed by atoms with Crippen molar-refractivity contribution in [1.82, 2.24) is 9.97 Å². The fourth-order valence-electron chi connectivity index (χ4n) is 2.37. The van der Waals surface area contributed by atoms with Gasteiger partial charge >= 0.3 is 0 Å². The molecule has 132 valence electrons. The Labute approximate surface area is 155 Å². The Hall–Kier alpha value is -1.83. The Bertz CT molecular complexity index is 736. The molecule has 1 aromatic carbocycles. The normalized spacial score (nSPS) is 14.4. The zero-order valence-electron chi connectivity index (χ0n) is 13.9. The van der Waals surface area contributed by atoms with Gasteiger partial charge in [0.2, 0.25) is 5.91 Å². The summed E-state index contributed by atoms with van der Waals surface area (Å²) >= 11 is 7.37. The first-order chi connectivity index (χ1) is 12.1. The molecule has 0 atom stereocenters.